The van der Waals surface area contributed by atoms with E-state index in [1.807, 2.05) is 23.1 Å². The Labute approximate surface area is 134 Å². The molecule has 1 aliphatic rings. The highest BCUT2D eigenvalue weighted by molar-refractivity contribution is 6.31. The molecule has 5 nitrogen and oxygen atoms in total. The normalized spacial score (nSPS) is 16.2. The number of aromatic nitrogens is 1. The van der Waals surface area contributed by atoms with Crippen molar-refractivity contribution in [3.63, 3.8) is 0 Å². The molecule has 22 heavy (non-hydrogen) atoms. The summed E-state index contributed by atoms with van der Waals surface area (Å²) in [6.45, 7) is 3.70. The number of nitrogens with zero attached hydrogens (tertiary/aromatic N) is 3. The molecule has 0 aliphatic carbocycles. The molecule has 0 unspecified atom stereocenters. The highest BCUT2D eigenvalue weighted by atomic mass is 35.5. The van der Waals surface area contributed by atoms with Gasteiger partial charge in [-0.05, 0) is 18.2 Å². The summed E-state index contributed by atoms with van der Waals surface area (Å²) in [4.78, 5) is 21.0. The van der Waals surface area contributed by atoms with Crippen LogP contribution in [0.2, 0.25) is 5.02 Å². The number of β-amino-alcohol motifs (C(OH)–C–C–N with tert-alkyl or cyclic N) is 1. The van der Waals surface area contributed by atoms with Crippen molar-refractivity contribution in [1.82, 2.24) is 14.8 Å². The van der Waals surface area contributed by atoms with Crippen LogP contribution in [0.15, 0.2) is 30.3 Å². The van der Waals surface area contributed by atoms with Crippen LogP contribution in [-0.2, 0) is 0 Å². The van der Waals surface area contributed by atoms with Gasteiger partial charge in [-0.25, -0.2) is 4.98 Å². The van der Waals surface area contributed by atoms with E-state index in [0.717, 1.165) is 24.0 Å². The maximum atomic E-state index is 12.6. The molecule has 116 valence electrons. The van der Waals surface area contributed by atoms with E-state index in [1.54, 1.807) is 12.1 Å². The molecule has 1 aromatic carbocycles. The molecule has 6 heteroatoms. The summed E-state index contributed by atoms with van der Waals surface area (Å²) in [7, 11) is 0. The number of amides is 1. The Balaban J connectivity index is 1.75. The lowest BCUT2D eigenvalue weighted by molar-refractivity contribution is 0.0610. The number of aliphatic hydroxyl groups is 1. The first-order chi connectivity index (χ1) is 10.7. The van der Waals surface area contributed by atoms with E-state index in [4.69, 9.17) is 16.7 Å². The minimum Gasteiger partial charge on any atom is -0.395 e. The van der Waals surface area contributed by atoms with Gasteiger partial charge in [-0.15, -0.1) is 0 Å². The number of halogens is 1. The van der Waals surface area contributed by atoms with Crippen LogP contribution in [0.4, 0.5) is 0 Å². The molecule has 0 atom stereocenters. The smallest absolute Gasteiger partial charge is 0.272 e. The first-order valence-electron chi connectivity index (χ1n) is 7.36. The zero-order valence-electron chi connectivity index (χ0n) is 12.2. The Hall–Kier alpha value is -1.69. The lowest BCUT2D eigenvalue weighted by atomic mass is 10.2. The number of aliphatic hydroxyl groups excluding tert-OH is 1. The average Bonchev–Trinajstić information content (AvgIpc) is 2.54. The van der Waals surface area contributed by atoms with Gasteiger partial charge in [0.15, 0.2) is 0 Å². The molecular formula is C16H18ClN3O2. The molecule has 0 bridgehead atoms. The topological polar surface area (TPSA) is 56.7 Å². The molecule has 1 amide bonds. The van der Waals surface area contributed by atoms with Gasteiger partial charge in [0.1, 0.15) is 5.69 Å². The average molecular weight is 320 g/mol. The van der Waals surface area contributed by atoms with Gasteiger partial charge in [-0.2, -0.15) is 0 Å². The van der Waals surface area contributed by atoms with Crippen LogP contribution in [0, 0.1) is 0 Å². The van der Waals surface area contributed by atoms with Crippen molar-refractivity contribution in [2.45, 2.75) is 0 Å². The molecule has 1 fully saturated rings. The molecular weight excluding hydrogens is 302 g/mol. The van der Waals surface area contributed by atoms with Gasteiger partial charge in [0.2, 0.25) is 0 Å². The van der Waals surface area contributed by atoms with Crippen LogP contribution in [0.5, 0.6) is 0 Å². The minimum atomic E-state index is -0.0504. The van der Waals surface area contributed by atoms with Crippen LogP contribution < -0.4 is 0 Å². The number of carbonyl (C=O) groups is 1. The lowest BCUT2D eigenvalue weighted by Gasteiger charge is -2.34. The predicted octanol–water partition coefficient (Wildman–Crippen LogP) is 1.64. The minimum absolute atomic E-state index is 0.0504. The second-order valence-electron chi connectivity index (χ2n) is 5.39. The van der Waals surface area contributed by atoms with Gasteiger partial charge in [-0.3, -0.25) is 9.69 Å². The zero-order chi connectivity index (χ0) is 15.5. The van der Waals surface area contributed by atoms with Crippen molar-refractivity contribution in [1.29, 1.82) is 0 Å². The number of hydrogen-bond donors (Lipinski definition) is 1. The standard InChI is InChI=1S/C16H18ClN3O2/c17-13-3-1-12-2-4-14(18-15(12)11-13)16(22)20-7-5-19(6-8-20)9-10-21/h1-4,11,21H,5-10H2. The van der Waals surface area contributed by atoms with E-state index >= 15 is 0 Å². The zero-order valence-corrected chi connectivity index (χ0v) is 13.0. The fourth-order valence-corrected chi connectivity index (χ4v) is 2.85. The van der Waals surface area contributed by atoms with E-state index < -0.39 is 0 Å². The van der Waals surface area contributed by atoms with Crippen LogP contribution in [0.3, 0.4) is 0 Å². The van der Waals surface area contributed by atoms with E-state index in [-0.39, 0.29) is 12.5 Å². The van der Waals surface area contributed by atoms with Crippen molar-refractivity contribution >= 4 is 28.4 Å². The van der Waals surface area contributed by atoms with Crippen molar-refractivity contribution in [2.75, 3.05) is 39.3 Å². The molecule has 3 rings (SSSR count). The number of piperazine rings is 1. The van der Waals surface area contributed by atoms with E-state index in [9.17, 15) is 4.79 Å². The Bertz CT molecular complexity index is 684. The summed E-state index contributed by atoms with van der Waals surface area (Å²) >= 11 is 5.98. The monoisotopic (exact) mass is 319 g/mol. The van der Waals surface area contributed by atoms with Crippen molar-refractivity contribution in [3.05, 3.63) is 41.0 Å². The molecule has 2 aromatic rings. The molecule has 1 aromatic heterocycles. The van der Waals surface area contributed by atoms with Gasteiger partial charge in [0, 0.05) is 43.1 Å². The fraction of sp³-hybridized carbons (Fsp3) is 0.375. The molecule has 0 spiro atoms. The van der Waals surface area contributed by atoms with E-state index in [1.165, 1.54) is 0 Å². The van der Waals surface area contributed by atoms with Crippen LogP contribution in [-0.4, -0.2) is 65.1 Å². The maximum absolute atomic E-state index is 12.6. The van der Waals surface area contributed by atoms with Gasteiger partial charge in [-0.1, -0.05) is 23.7 Å². The summed E-state index contributed by atoms with van der Waals surface area (Å²) < 4.78 is 0. The summed E-state index contributed by atoms with van der Waals surface area (Å²) in [6.07, 6.45) is 0. The number of fused-ring (bicyclic) bond motifs is 1. The van der Waals surface area contributed by atoms with Gasteiger partial charge < -0.3 is 10.0 Å². The van der Waals surface area contributed by atoms with Crippen LogP contribution >= 0.6 is 11.6 Å². The Morgan fingerprint density at radius 3 is 2.64 bits per heavy atom. The third-order valence-corrected chi connectivity index (χ3v) is 4.18. The summed E-state index contributed by atoms with van der Waals surface area (Å²) in [5.41, 5.74) is 1.18. The lowest BCUT2D eigenvalue weighted by Crippen LogP contribution is -2.49. The summed E-state index contributed by atoms with van der Waals surface area (Å²) in [5.74, 6) is -0.0504. The van der Waals surface area contributed by atoms with Gasteiger partial charge in [0.25, 0.3) is 5.91 Å². The number of benzene rings is 1. The SMILES string of the molecule is O=C(c1ccc2ccc(Cl)cc2n1)N1CCN(CCO)CC1. The van der Waals surface area contributed by atoms with Crippen molar-refractivity contribution in [3.8, 4) is 0 Å². The third-order valence-electron chi connectivity index (χ3n) is 3.95. The summed E-state index contributed by atoms with van der Waals surface area (Å²) in [5, 5.41) is 10.5. The Morgan fingerprint density at radius 1 is 1.18 bits per heavy atom. The molecule has 0 saturated carbocycles. The van der Waals surface area contributed by atoms with Crippen LogP contribution in [0.25, 0.3) is 10.9 Å². The number of carbonyl (C=O) groups excluding carboxylic acids is 1. The van der Waals surface area contributed by atoms with Gasteiger partial charge >= 0.3 is 0 Å². The molecule has 2 heterocycles. The maximum Gasteiger partial charge on any atom is 0.272 e. The highest BCUT2D eigenvalue weighted by Crippen LogP contribution is 2.18. The summed E-state index contributed by atoms with van der Waals surface area (Å²) in [6, 6.07) is 9.14. The quantitative estimate of drug-likeness (QED) is 0.934. The molecule has 1 saturated heterocycles. The Morgan fingerprint density at radius 2 is 1.91 bits per heavy atom. The molecule has 1 N–H and O–H groups in total. The second-order valence-corrected chi connectivity index (χ2v) is 5.83. The predicted molar refractivity (Wildman–Crippen MR) is 86.2 cm³/mol. The van der Waals surface area contributed by atoms with Crippen LogP contribution in [0.1, 0.15) is 10.5 Å². The molecule has 1 aliphatic heterocycles. The van der Waals surface area contributed by atoms with E-state index in [0.29, 0.717) is 30.4 Å². The first-order valence-corrected chi connectivity index (χ1v) is 7.74. The third kappa shape index (κ3) is 3.21. The Kier molecular flexibility index (Phi) is 4.57. The van der Waals surface area contributed by atoms with E-state index in [2.05, 4.69) is 9.88 Å². The second kappa shape index (κ2) is 6.60. The first kappa shape index (κ1) is 15.2. The number of hydrogen-bond acceptors (Lipinski definition) is 4. The largest absolute Gasteiger partial charge is 0.395 e. The molecule has 0 radical (unpaired) electrons. The van der Waals surface area contributed by atoms with Crippen molar-refractivity contribution < 1.29 is 9.90 Å². The van der Waals surface area contributed by atoms with Crippen molar-refractivity contribution in [2.24, 2.45) is 0 Å². The number of rotatable bonds is 3. The van der Waals surface area contributed by atoms with Gasteiger partial charge in [0.05, 0.1) is 12.1 Å². The highest BCUT2D eigenvalue weighted by Gasteiger charge is 2.22. The number of pyridine rings is 1. The fourth-order valence-electron chi connectivity index (χ4n) is 2.69.